The fraction of sp³-hybridized carbons (Fsp3) is 0.100. The number of aryl methyl sites for hydroxylation is 1. The van der Waals surface area contributed by atoms with Gasteiger partial charge in [0.15, 0.2) is 0 Å². The highest BCUT2D eigenvalue weighted by molar-refractivity contribution is 5.71. The Morgan fingerprint density at radius 2 is 1.25 bits per heavy atom. The minimum Gasteiger partial charge on any atom is -0.246 e. The molecule has 3 aromatic rings. The van der Waals surface area contributed by atoms with Gasteiger partial charge in [-0.1, -0.05) is 36.4 Å². The molecule has 0 aliphatic carbocycles. The van der Waals surface area contributed by atoms with Gasteiger partial charge in [-0.2, -0.15) is 0 Å². The Hall–Kier alpha value is -2.62. The largest absolute Gasteiger partial charge is 0.246 e. The topological polar surface area (TPSA) is 0 Å². The first-order valence-electron chi connectivity index (χ1n) is 7.40. The van der Waals surface area contributed by atoms with E-state index in [1.807, 2.05) is 6.07 Å². The van der Waals surface area contributed by atoms with Crippen LogP contribution in [0.15, 0.2) is 54.6 Å². The molecule has 0 aliphatic heterocycles. The van der Waals surface area contributed by atoms with Crippen LogP contribution in [0.25, 0.3) is 22.3 Å². The van der Waals surface area contributed by atoms with Crippen molar-refractivity contribution in [2.24, 2.45) is 0 Å². The van der Waals surface area contributed by atoms with Crippen LogP contribution in [0.3, 0.4) is 0 Å². The number of hydrogen-bond donors (Lipinski definition) is 0. The van der Waals surface area contributed by atoms with Crippen LogP contribution in [-0.2, 0) is 6.67 Å². The molecule has 0 aliphatic rings. The summed E-state index contributed by atoms with van der Waals surface area (Å²) in [7, 11) is 0. The van der Waals surface area contributed by atoms with Crippen molar-refractivity contribution in [2.75, 3.05) is 0 Å². The van der Waals surface area contributed by atoms with Crippen LogP contribution in [0, 0.1) is 24.4 Å². The highest BCUT2D eigenvalue weighted by atomic mass is 19.1. The molecule has 0 atom stereocenters. The summed E-state index contributed by atoms with van der Waals surface area (Å²) < 4.78 is 54.0. The summed E-state index contributed by atoms with van der Waals surface area (Å²) in [6.45, 7) is 0.615. The lowest BCUT2D eigenvalue weighted by Gasteiger charge is -2.08. The lowest BCUT2D eigenvalue weighted by molar-refractivity contribution is 0.440. The van der Waals surface area contributed by atoms with Gasteiger partial charge in [0.25, 0.3) is 0 Å². The van der Waals surface area contributed by atoms with Crippen LogP contribution in [0.2, 0.25) is 0 Å². The Balaban J connectivity index is 1.98. The first kappa shape index (κ1) is 16.2. The molecular weight excluding hydrogens is 316 g/mol. The quantitative estimate of drug-likeness (QED) is 0.500. The summed E-state index contributed by atoms with van der Waals surface area (Å²) in [4.78, 5) is 0. The zero-order valence-electron chi connectivity index (χ0n) is 12.9. The number of alkyl halides is 1. The van der Waals surface area contributed by atoms with Crippen LogP contribution in [-0.4, -0.2) is 0 Å². The maximum Gasteiger partial charge on any atom is 0.132 e. The molecule has 0 aromatic heterocycles. The second-order valence-electron chi connectivity index (χ2n) is 5.61. The van der Waals surface area contributed by atoms with E-state index in [2.05, 4.69) is 0 Å². The van der Waals surface area contributed by atoms with Crippen molar-refractivity contribution in [3.8, 4) is 22.3 Å². The summed E-state index contributed by atoms with van der Waals surface area (Å²) in [5.74, 6) is -2.16. The molecule has 4 heteroatoms. The molecule has 0 nitrogen and oxygen atoms in total. The van der Waals surface area contributed by atoms with Gasteiger partial charge in [-0.3, -0.25) is 0 Å². The predicted octanol–water partition coefficient (Wildman–Crippen LogP) is 6.22. The Bertz CT molecular complexity index is 860. The van der Waals surface area contributed by atoms with Gasteiger partial charge in [-0.25, -0.2) is 17.6 Å². The van der Waals surface area contributed by atoms with Crippen molar-refractivity contribution in [2.45, 2.75) is 13.6 Å². The van der Waals surface area contributed by atoms with Crippen LogP contribution >= 0.6 is 0 Å². The second kappa shape index (κ2) is 6.48. The maximum atomic E-state index is 14.0. The van der Waals surface area contributed by atoms with E-state index in [1.54, 1.807) is 37.3 Å². The van der Waals surface area contributed by atoms with E-state index in [1.165, 1.54) is 6.07 Å². The molecule has 0 amide bonds. The highest BCUT2D eigenvalue weighted by Gasteiger charge is 2.12. The minimum absolute atomic E-state index is 0.304. The molecule has 0 fully saturated rings. The Labute approximate surface area is 137 Å². The van der Waals surface area contributed by atoms with E-state index in [0.717, 1.165) is 17.7 Å². The van der Waals surface area contributed by atoms with Crippen molar-refractivity contribution in [1.82, 2.24) is 0 Å². The molecule has 122 valence electrons. The zero-order valence-corrected chi connectivity index (χ0v) is 12.9. The van der Waals surface area contributed by atoms with E-state index in [4.69, 9.17) is 0 Å². The van der Waals surface area contributed by atoms with E-state index in [-0.39, 0.29) is 5.82 Å². The number of halogens is 4. The van der Waals surface area contributed by atoms with Gasteiger partial charge in [0.1, 0.15) is 24.1 Å². The van der Waals surface area contributed by atoms with E-state index in [0.29, 0.717) is 22.3 Å². The molecule has 0 bridgehead atoms. The van der Waals surface area contributed by atoms with E-state index in [9.17, 15) is 17.6 Å². The van der Waals surface area contributed by atoms with Gasteiger partial charge in [0.2, 0.25) is 0 Å². The van der Waals surface area contributed by atoms with Gasteiger partial charge < -0.3 is 0 Å². The molecule has 3 aromatic carbocycles. The summed E-state index contributed by atoms with van der Waals surface area (Å²) in [5, 5.41) is 0. The van der Waals surface area contributed by atoms with Gasteiger partial charge in [-0.05, 0) is 47.4 Å². The zero-order chi connectivity index (χ0) is 17.3. The molecule has 3 rings (SSSR count). The second-order valence-corrected chi connectivity index (χ2v) is 5.61. The van der Waals surface area contributed by atoms with Crippen molar-refractivity contribution < 1.29 is 17.6 Å². The SMILES string of the molecule is Cc1ccc(-c2ccc(-c3cc(F)c(CF)c(F)c3)cc2)c(F)c1. The Morgan fingerprint density at radius 1 is 0.667 bits per heavy atom. The average Bonchev–Trinajstić information content (AvgIpc) is 2.55. The van der Waals surface area contributed by atoms with Crippen molar-refractivity contribution in [3.63, 3.8) is 0 Å². The van der Waals surface area contributed by atoms with Crippen LogP contribution in [0.1, 0.15) is 11.1 Å². The molecule has 24 heavy (non-hydrogen) atoms. The van der Waals surface area contributed by atoms with Crippen molar-refractivity contribution in [1.29, 1.82) is 0 Å². The fourth-order valence-electron chi connectivity index (χ4n) is 2.59. The third kappa shape index (κ3) is 3.04. The number of benzene rings is 3. The molecular formula is C20H14F4. The van der Waals surface area contributed by atoms with Crippen molar-refractivity contribution in [3.05, 3.63) is 83.2 Å². The lowest BCUT2D eigenvalue weighted by Crippen LogP contribution is -1.94. The maximum absolute atomic E-state index is 14.0. The standard InChI is InChI=1S/C20H14F4/c1-12-2-7-16(18(22)8-12)14-5-3-13(4-6-14)15-9-19(23)17(11-21)20(24)10-15/h2-10H,11H2,1H3. The fourth-order valence-corrected chi connectivity index (χ4v) is 2.59. The monoisotopic (exact) mass is 330 g/mol. The van der Waals surface area contributed by atoms with E-state index < -0.39 is 23.9 Å². The number of hydrogen-bond acceptors (Lipinski definition) is 0. The van der Waals surface area contributed by atoms with Crippen LogP contribution < -0.4 is 0 Å². The highest BCUT2D eigenvalue weighted by Crippen LogP contribution is 2.29. The van der Waals surface area contributed by atoms with E-state index >= 15 is 0 Å². The number of rotatable bonds is 3. The molecule has 0 N–H and O–H groups in total. The summed E-state index contributed by atoms with van der Waals surface area (Å²) in [5.41, 5.74) is 2.24. The first-order valence-corrected chi connectivity index (χ1v) is 7.40. The smallest absolute Gasteiger partial charge is 0.132 e. The minimum atomic E-state index is -1.19. The molecule has 0 saturated carbocycles. The molecule has 0 unspecified atom stereocenters. The lowest BCUT2D eigenvalue weighted by atomic mass is 9.98. The summed E-state index contributed by atoms with van der Waals surface area (Å²) >= 11 is 0. The average molecular weight is 330 g/mol. The predicted molar refractivity (Wildman–Crippen MR) is 86.7 cm³/mol. The molecule has 0 saturated heterocycles. The van der Waals surface area contributed by atoms with Gasteiger partial charge in [-0.15, -0.1) is 0 Å². The Kier molecular flexibility index (Phi) is 4.38. The summed E-state index contributed by atoms with van der Waals surface area (Å²) in [6.07, 6.45) is 0. The molecule has 0 heterocycles. The van der Waals surface area contributed by atoms with Gasteiger partial charge in [0.05, 0.1) is 5.56 Å². The third-order valence-electron chi connectivity index (χ3n) is 3.93. The van der Waals surface area contributed by atoms with Gasteiger partial charge >= 0.3 is 0 Å². The molecule has 0 radical (unpaired) electrons. The van der Waals surface area contributed by atoms with Crippen LogP contribution in [0.4, 0.5) is 17.6 Å². The van der Waals surface area contributed by atoms with Crippen molar-refractivity contribution >= 4 is 0 Å². The third-order valence-corrected chi connectivity index (χ3v) is 3.93. The van der Waals surface area contributed by atoms with Crippen LogP contribution in [0.5, 0.6) is 0 Å². The first-order chi connectivity index (χ1) is 11.5. The summed E-state index contributed by atoms with van der Waals surface area (Å²) in [6, 6.07) is 13.8. The van der Waals surface area contributed by atoms with Gasteiger partial charge in [0, 0.05) is 5.56 Å². The Morgan fingerprint density at radius 3 is 1.79 bits per heavy atom. The molecule has 0 spiro atoms. The normalized spacial score (nSPS) is 10.9.